The fraction of sp³-hybridized carbons (Fsp3) is 0.545. The first kappa shape index (κ1) is 13.6. The van der Waals surface area contributed by atoms with E-state index in [9.17, 15) is 9.59 Å². The van der Waals surface area contributed by atoms with Gasteiger partial charge in [-0.25, -0.2) is 4.98 Å². The number of esters is 1. The largest absolute Gasteiger partial charge is 0.469 e. The fourth-order valence-corrected chi connectivity index (χ4v) is 2.28. The maximum Gasteiger partial charge on any atom is 0.307 e. The summed E-state index contributed by atoms with van der Waals surface area (Å²) in [7, 11) is 3.00. The molecule has 0 saturated heterocycles. The summed E-state index contributed by atoms with van der Waals surface area (Å²) in [5, 5.41) is 0.868. The van der Waals surface area contributed by atoms with Gasteiger partial charge in [-0.2, -0.15) is 0 Å². The van der Waals surface area contributed by atoms with Crippen molar-refractivity contribution in [3.8, 4) is 0 Å². The molecule has 0 aliphatic carbocycles. The van der Waals surface area contributed by atoms with Gasteiger partial charge < -0.3 is 9.64 Å². The summed E-state index contributed by atoms with van der Waals surface area (Å²) in [4.78, 5) is 29.4. The topological polar surface area (TPSA) is 59.5 Å². The molecule has 94 valence electrons. The van der Waals surface area contributed by atoms with Crippen LogP contribution in [0.2, 0.25) is 0 Å². The maximum absolute atomic E-state index is 12.0. The predicted octanol–water partition coefficient (Wildman–Crippen LogP) is 1.40. The summed E-state index contributed by atoms with van der Waals surface area (Å²) >= 11 is 1.37. The number of methoxy groups -OCH3 is 1. The van der Waals surface area contributed by atoms with Crippen molar-refractivity contribution in [2.24, 2.45) is 0 Å². The van der Waals surface area contributed by atoms with E-state index in [1.165, 1.54) is 23.3 Å². The Kier molecular flexibility index (Phi) is 4.62. The molecule has 0 bridgehead atoms. The molecule has 0 radical (unpaired) electrons. The highest BCUT2D eigenvalue weighted by atomic mass is 32.1. The monoisotopic (exact) mass is 256 g/mol. The van der Waals surface area contributed by atoms with Gasteiger partial charge >= 0.3 is 5.97 Å². The van der Waals surface area contributed by atoms with Gasteiger partial charge in [0.1, 0.15) is 4.88 Å². The van der Waals surface area contributed by atoms with E-state index in [0.29, 0.717) is 11.4 Å². The summed E-state index contributed by atoms with van der Waals surface area (Å²) < 4.78 is 4.53. The van der Waals surface area contributed by atoms with Gasteiger partial charge in [-0.1, -0.05) is 0 Å². The van der Waals surface area contributed by atoms with E-state index in [1.807, 2.05) is 13.8 Å². The van der Waals surface area contributed by atoms with E-state index >= 15 is 0 Å². The van der Waals surface area contributed by atoms with Gasteiger partial charge in [-0.05, 0) is 13.8 Å². The standard InChI is InChI=1S/C11H16N2O3S/c1-7-10(17-8(2)12-7)11(15)13(3)6-5-9(14)16-4/h5-6H2,1-4H3. The molecule has 0 aromatic carbocycles. The summed E-state index contributed by atoms with van der Waals surface area (Å²) in [6.07, 6.45) is 0.204. The average Bonchev–Trinajstić information content (AvgIpc) is 2.63. The van der Waals surface area contributed by atoms with Crippen LogP contribution in [0.25, 0.3) is 0 Å². The highest BCUT2D eigenvalue weighted by Gasteiger charge is 2.18. The number of amides is 1. The highest BCUT2D eigenvalue weighted by Crippen LogP contribution is 2.18. The summed E-state index contributed by atoms with van der Waals surface area (Å²) in [5.41, 5.74) is 0.738. The zero-order valence-corrected chi connectivity index (χ0v) is 11.3. The minimum atomic E-state index is -0.318. The molecule has 1 amide bonds. The van der Waals surface area contributed by atoms with E-state index in [-0.39, 0.29) is 18.3 Å². The molecule has 17 heavy (non-hydrogen) atoms. The first-order valence-corrected chi connectivity index (χ1v) is 6.03. The number of thiazole rings is 1. The Morgan fingerprint density at radius 2 is 2.06 bits per heavy atom. The van der Waals surface area contributed by atoms with Crippen molar-refractivity contribution in [2.75, 3.05) is 20.7 Å². The van der Waals surface area contributed by atoms with Gasteiger partial charge in [0.15, 0.2) is 0 Å². The van der Waals surface area contributed by atoms with Crippen LogP contribution in [0.15, 0.2) is 0 Å². The lowest BCUT2D eigenvalue weighted by atomic mass is 10.3. The Morgan fingerprint density at radius 1 is 1.41 bits per heavy atom. The molecule has 1 aromatic heterocycles. The summed E-state index contributed by atoms with van der Waals surface area (Å²) in [5.74, 6) is -0.418. The van der Waals surface area contributed by atoms with Crippen LogP contribution in [0.1, 0.15) is 26.8 Å². The zero-order chi connectivity index (χ0) is 13.0. The number of ether oxygens (including phenoxy) is 1. The number of hydrogen-bond donors (Lipinski definition) is 0. The van der Waals surface area contributed by atoms with E-state index in [0.717, 1.165) is 10.7 Å². The molecule has 1 rings (SSSR count). The number of carbonyl (C=O) groups is 2. The molecular weight excluding hydrogens is 240 g/mol. The third-order valence-electron chi connectivity index (χ3n) is 2.32. The van der Waals surface area contributed by atoms with Crippen LogP contribution in [0.5, 0.6) is 0 Å². The Balaban J connectivity index is 2.64. The van der Waals surface area contributed by atoms with Crippen molar-refractivity contribution in [3.63, 3.8) is 0 Å². The van der Waals surface area contributed by atoms with Crippen molar-refractivity contribution in [2.45, 2.75) is 20.3 Å². The second kappa shape index (κ2) is 5.77. The minimum Gasteiger partial charge on any atom is -0.469 e. The van der Waals surface area contributed by atoms with Gasteiger partial charge in [-0.3, -0.25) is 9.59 Å². The maximum atomic E-state index is 12.0. The van der Waals surface area contributed by atoms with E-state index in [4.69, 9.17) is 0 Å². The van der Waals surface area contributed by atoms with Crippen LogP contribution in [0.4, 0.5) is 0 Å². The SMILES string of the molecule is COC(=O)CCN(C)C(=O)c1sc(C)nc1C. The van der Waals surface area contributed by atoms with E-state index in [1.54, 1.807) is 7.05 Å². The molecule has 0 atom stereocenters. The van der Waals surface area contributed by atoms with Crippen LogP contribution in [0, 0.1) is 13.8 Å². The van der Waals surface area contributed by atoms with Crippen LogP contribution in [-0.4, -0.2) is 42.5 Å². The van der Waals surface area contributed by atoms with Crippen LogP contribution >= 0.6 is 11.3 Å². The minimum absolute atomic E-state index is 0.1000. The van der Waals surface area contributed by atoms with E-state index < -0.39 is 0 Å². The number of rotatable bonds is 4. The molecule has 1 aromatic rings. The summed E-state index contributed by atoms with van der Waals surface area (Å²) in [6, 6.07) is 0. The Hall–Kier alpha value is -1.43. The van der Waals surface area contributed by atoms with Crippen molar-refractivity contribution < 1.29 is 14.3 Å². The van der Waals surface area contributed by atoms with Gasteiger partial charge in [0.2, 0.25) is 0 Å². The third kappa shape index (κ3) is 3.52. The van der Waals surface area contributed by atoms with Crippen LogP contribution < -0.4 is 0 Å². The molecule has 1 heterocycles. The lowest BCUT2D eigenvalue weighted by molar-refractivity contribution is -0.140. The number of aromatic nitrogens is 1. The van der Waals surface area contributed by atoms with Crippen molar-refractivity contribution in [1.82, 2.24) is 9.88 Å². The van der Waals surface area contributed by atoms with Crippen LogP contribution in [-0.2, 0) is 9.53 Å². The zero-order valence-electron chi connectivity index (χ0n) is 10.4. The Labute approximate surface area is 104 Å². The number of hydrogen-bond acceptors (Lipinski definition) is 5. The number of carbonyl (C=O) groups excluding carboxylic acids is 2. The molecule has 0 unspecified atom stereocenters. The third-order valence-corrected chi connectivity index (χ3v) is 3.38. The summed E-state index contributed by atoms with van der Waals surface area (Å²) in [6.45, 7) is 4.02. The number of aryl methyl sites for hydroxylation is 2. The van der Waals surface area contributed by atoms with Crippen molar-refractivity contribution >= 4 is 23.2 Å². The molecule has 0 saturated carbocycles. The fourth-order valence-electron chi connectivity index (χ4n) is 1.37. The van der Waals surface area contributed by atoms with Crippen LogP contribution in [0.3, 0.4) is 0 Å². The van der Waals surface area contributed by atoms with Gasteiger partial charge in [0, 0.05) is 13.6 Å². The second-order valence-corrected chi connectivity index (χ2v) is 4.90. The first-order valence-electron chi connectivity index (χ1n) is 5.22. The Morgan fingerprint density at radius 3 is 2.53 bits per heavy atom. The molecule has 0 aliphatic heterocycles. The smallest absolute Gasteiger partial charge is 0.307 e. The predicted molar refractivity (Wildman–Crippen MR) is 65.2 cm³/mol. The molecule has 0 N–H and O–H groups in total. The lowest BCUT2D eigenvalue weighted by Crippen LogP contribution is -2.29. The number of nitrogens with zero attached hydrogens (tertiary/aromatic N) is 2. The Bertz CT molecular complexity index is 428. The second-order valence-electron chi connectivity index (χ2n) is 3.70. The molecule has 5 nitrogen and oxygen atoms in total. The van der Waals surface area contributed by atoms with Crippen molar-refractivity contribution in [1.29, 1.82) is 0 Å². The quantitative estimate of drug-likeness (QED) is 0.764. The first-order chi connectivity index (χ1) is 7.95. The highest BCUT2D eigenvalue weighted by molar-refractivity contribution is 7.13. The van der Waals surface area contributed by atoms with E-state index in [2.05, 4.69) is 9.72 Å². The molecule has 0 fully saturated rings. The normalized spacial score (nSPS) is 10.1. The molecule has 0 spiro atoms. The molecule has 0 aliphatic rings. The van der Waals surface area contributed by atoms with Gasteiger partial charge in [-0.15, -0.1) is 11.3 Å². The van der Waals surface area contributed by atoms with Crippen molar-refractivity contribution in [3.05, 3.63) is 15.6 Å². The average molecular weight is 256 g/mol. The van der Waals surface area contributed by atoms with Gasteiger partial charge in [0.25, 0.3) is 5.91 Å². The lowest BCUT2D eigenvalue weighted by Gasteiger charge is -2.15. The molecular formula is C11H16N2O3S. The molecule has 6 heteroatoms. The van der Waals surface area contributed by atoms with Gasteiger partial charge in [0.05, 0.1) is 24.2 Å².